The van der Waals surface area contributed by atoms with E-state index in [0.29, 0.717) is 24.1 Å². The molecule has 0 saturated heterocycles. The van der Waals surface area contributed by atoms with Crippen molar-refractivity contribution >= 4 is 17.7 Å². The van der Waals surface area contributed by atoms with Crippen LogP contribution in [0.25, 0.3) is 0 Å². The van der Waals surface area contributed by atoms with Crippen molar-refractivity contribution in [2.45, 2.75) is 24.9 Å². The van der Waals surface area contributed by atoms with Gasteiger partial charge in [0, 0.05) is 25.4 Å². The van der Waals surface area contributed by atoms with Crippen LogP contribution < -0.4 is 0 Å². The van der Waals surface area contributed by atoms with Crippen LogP contribution in [0, 0.1) is 0 Å². The average molecular weight is 437 g/mol. The van der Waals surface area contributed by atoms with Gasteiger partial charge in [-0.1, -0.05) is 60.7 Å². The maximum Gasteiger partial charge on any atom is 0.262 e. The summed E-state index contributed by atoms with van der Waals surface area (Å²) in [7, 11) is 0. The number of fused-ring (bicyclic) bond motifs is 1. The van der Waals surface area contributed by atoms with E-state index in [1.807, 2.05) is 48.5 Å². The van der Waals surface area contributed by atoms with E-state index in [-0.39, 0.29) is 18.4 Å². The first-order valence-corrected chi connectivity index (χ1v) is 11.0. The maximum atomic E-state index is 14.0. The van der Waals surface area contributed by atoms with E-state index in [9.17, 15) is 14.4 Å². The van der Waals surface area contributed by atoms with Gasteiger partial charge in [-0.3, -0.25) is 24.3 Å². The van der Waals surface area contributed by atoms with Crippen molar-refractivity contribution in [2.24, 2.45) is 0 Å². The normalized spacial score (nSPS) is 18.4. The smallest absolute Gasteiger partial charge is 0.262 e. The minimum absolute atomic E-state index is 0.204. The van der Waals surface area contributed by atoms with Gasteiger partial charge in [0.05, 0.1) is 17.2 Å². The van der Waals surface area contributed by atoms with Gasteiger partial charge in [0.2, 0.25) is 5.91 Å². The Hall–Kier alpha value is -4.06. The second-order valence-electron chi connectivity index (χ2n) is 8.23. The lowest BCUT2D eigenvalue weighted by Crippen LogP contribution is -2.53. The molecule has 2 aromatic carbocycles. The summed E-state index contributed by atoms with van der Waals surface area (Å²) in [6.45, 7) is 0.410. The third kappa shape index (κ3) is 3.84. The Bertz CT molecular complexity index is 1190. The highest BCUT2D eigenvalue weighted by molar-refractivity contribution is 6.22. The lowest BCUT2D eigenvalue weighted by molar-refractivity contribution is -0.137. The zero-order valence-corrected chi connectivity index (χ0v) is 18.0. The van der Waals surface area contributed by atoms with Gasteiger partial charge < -0.3 is 4.90 Å². The van der Waals surface area contributed by atoms with Gasteiger partial charge in [0.25, 0.3) is 11.8 Å². The quantitative estimate of drug-likeness (QED) is 0.450. The fraction of sp³-hybridized carbons (Fsp3) is 0.185. The first-order chi connectivity index (χ1) is 16.1. The van der Waals surface area contributed by atoms with E-state index in [4.69, 9.17) is 0 Å². The number of imide groups is 1. The molecule has 164 valence electrons. The molecule has 0 fully saturated rings. The third-order valence-corrected chi connectivity index (χ3v) is 6.25. The number of carbonyl (C=O) groups is 3. The molecule has 0 aliphatic carbocycles. The lowest BCUT2D eigenvalue weighted by Gasteiger charge is -2.37. The molecule has 6 nitrogen and oxygen atoms in total. The SMILES string of the molecule is O=C(C(Cc1ccccc1)N1C(=O)c2ccccc2C1=O)N1CC=CCC1c1cccnc1. The van der Waals surface area contributed by atoms with Gasteiger partial charge in [-0.05, 0) is 35.7 Å². The molecular weight excluding hydrogens is 414 g/mol. The van der Waals surface area contributed by atoms with Gasteiger partial charge in [-0.25, -0.2) is 0 Å². The highest BCUT2D eigenvalue weighted by atomic mass is 16.2. The molecular formula is C27H23N3O3. The third-order valence-electron chi connectivity index (χ3n) is 6.25. The molecule has 5 rings (SSSR count). The fourth-order valence-electron chi connectivity index (χ4n) is 4.61. The molecule has 2 atom stereocenters. The molecule has 1 aromatic heterocycles. The van der Waals surface area contributed by atoms with Crippen molar-refractivity contribution in [3.8, 4) is 0 Å². The summed E-state index contributed by atoms with van der Waals surface area (Å²) in [5, 5.41) is 0. The van der Waals surface area contributed by atoms with Crippen molar-refractivity contribution in [1.82, 2.24) is 14.8 Å². The highest BCUT2D eigenvalue weighted by Gasteiger charge is 2.44. The van der Waals surface area contributed by atoms with Crippen LogP contribution in [0.1, 0.15) is 44.3 Å². The predicted molar refractivity (Wildman–Crippen MR) is 123 cm³/mol. The number of hydrogen-bond donors (Lipinski definition) is 0. The Kier molecular flexibility index (Phi) is 5.57. The van der Waals surface area contributed by atoms with Crippen molar-refractivity contribution in [3.05, 3.63) is 114 Å². The van der Waals surface area contributed by atoms with Crippen LogP contribution in [-0.2, 0) is 11.2 Å². The minimum atomic E-state index is -0.939. The van der Waals surface area contributed by atoms with Gasteiger partial charge in [-0.2, -0.15) is 0 Å². The maximum absolute atomic E-state index is 14.0. The summed E-state index contributed by atoms with van der Waals surface area (Å²) in [4.78, 5) is 47.7. The fourth-order valence-corrected chi connectivity index (χ4v) is 4.61. The van der Waals surface area contributed by atoms with E-state index in [1.54, 1.807) is 41.6 Å². The van der Waals surface area contributed by atoms with Crippen LogP contribution in [0.5, 0.6) is 0 Å². The number of benzene rings is 2. The molecule has 3 aromatic rings. The van der Waals surface area contributed by atoms with Gasteiger partial charge in [0.15, 0.2) is 0 Å². The Balaban J connectivity index is 1.53. The zero-order valence-electron chi connectivity index (χ0n) is 18.0. The Morgan fingerprint density at radius 2 is 1.61 bits per heavy atom. The summed E-state index contributed by atoms with van der Waals surface area (Å²) in [6, 6.07) is 18.9. The van der Waals surface area contributed by atoms with Gasteiger partial charge in [0.1, 0.15) is 6.04 Å². The molecule has 3 amide bonds. The van der Waals surface area contributed by atoms with E-state index in [0.717, 1.165) is 16.0 Å². The number of aromatic nitrogens is 1. The van der Waals surface area contributed by atoms with Gasteiger partial charge in [-0.15, -0.1) is 0 Å². The molecule has 0 bridgehead atoms. The summed E-state index contributed by atoms with van der Waals surface area (Å²) in [6.07, 6.45) is 8.37. The Morgan fingerprint density at radius 1 is 0.909 bits per heavy atom. The van der Waals surface area contributed by atoms with E-state index < -0.39 is 17.9 Å². The van der Waals surface area contributed by atoms with Crippen molar-refractivity contribution in [1.29, 1.82) is 0 Å². The molecule has 0 radical (unpaired) electrons. The standard InChI is InChI=1S/C27H23N3O3/c31-25-21-12-4-5-13-22(21)26(32)30(25)24(17-19-9-2-1-3-10-19)27(33)29-16-7-6-14-23(29)20-11-8-15-28-18-20/h1-13,15,18,23-24H,14,16-17H2. The van der Waals surface area contributed by atoms with Crippen LogP contribution in [0.2, 0.25) is 0 Å². The van der Waals surface area contributed by atoms with E-state index >= 15 is 0 Å². The second kappa shape index (κ2) is 8.82. The average Bonchev–Trinajstić information content (AvgIpc) is 3.13. The van der Waals surface area contributed by atoms with Crippen LogP contribution in [0.3, 0.4) is 0 Å². The van der Waals surface area contributed by atoms with Crippen LogP contribution in [0.4, 0.5) is 0 Å². The van der Waals surface area contributed by atoms with Crippen LogP contribution in [-0.4, -0.2) is 45.1 Å². The number of nitrogens with zero attached hydrogens (tertiary/aromatic N) is 3. The topological polar surface area (TPSA) is 70.6 Å². The number of amides is 3. The Labute approximate surface area is 192 Å². The molecule has 2 aliphatic heterocycles. The van der Waals surface area contributed by atoms with Crippen molar-refractivity contribution in [3.63, 3.8) is 0 Å². The molecule has 33 heavy (non-hydrogen) atoms. The second-order valence-corrected chi connectivity index (χ2v) is 8.23. The molecule has 2 aliphatic rings. The number of pyridine rings is 1. The summed E-state index contributed by atoms with van der Waals surface area (Å²) in [5.74, 6) is -1.09. The monoisotopic (exact) mass is 437 g/mol. The minimum Gasteiger partial charge on any atom is -0.330 e. The molecule has 0 spiro atoms. The largest absolute Gasteiger partial charge is 0.330 e. The molecule has 0 saturated carbocycles. The number of rotatable bonds is 5. The first kappa shape index (κ1) is 20.8. The molecule has 6 heteroatoms. The molecule has 3 heterocycles. The summed E-state index contributed by atoms with van der Waals surface area (Å²) in [5.41, 5.74) is 2.50. The first-order valence-electron chi connectivity index (χ1n) is 11.0. The van der Waals surface area contributed by atoms with Crippen LogP contribution >= 0.6 is 0 Å². The highest BCUT2D eigenvalue weighted by Crippen LogP contribution is 2.32. The predicted octanol–water partition coefficient (Wildman–Crippen LogP) is 3.82. The summed E-state index contributed by atoms with van der Waals surface area (Å²) < 4.78 is 0. The lowest BCUT2D eigenvalue weighted by atomic mass is 9.97. The zero-order chi connectivity index (χ0) is 22.8. The van der Waals surface area contributed by atoms with Crippen molar-refractivity contribution in [2.75, 3.05) is 6.54 Å². The van der Waals surface area contributed by atoms with Crippen LogP contribution in [0.15, 0.2) is 91.3 Å². The van der Waals surface area contributed by atoms with Crippen molar-refractivity contribution < 1.29 is 14.4 Å². The summed E-state index contributed by atoms with van der Waals surface area (Å²) >= 11 is 0. The molecule has 2 unspecified atom stereocenters. The molecule has 0 N–H and O–H groups in total. The van der Waals surface area contributed by atoms with Gasteiger partial charge >= 0.3 is 0 Å². The van der Waals surface area contributed by atoms with E-state index in [2.05, 4.69) is 11.1 Å². The number of carbonyl (C=O) groups excluding carboxylic acids is 3. The number of hydrogen-bond acceptors (Lipinski definition) is 4. The van der Waals surface area contributed by atoms with E-state index in [1.165, 1.54) is 0 Å². The Morgan fingerprint density at radius 3 is 2.27 bits per heavy atom.